The zero-order valence-electron chi connectivity index (χ0n) is 23.6. The van der Waals surface area contributed by atoms with E-state index in [1.165, 1.54) is 21.9 Å². The number of nitrogens with zero attached hydrogens (tertiary/aromatic N) is 1. The van der Waals surface area contributed by atoms with Gasteiger partial charge >= 0.3 is 0 Å². The number of nitrogens with two attached hydrogens (primary N) is 1. The summed E-state index contributed by atoms with van der Waals surface area (Å²) in [6.45, 7) is 2.11. The number of rotatable bonds is 5. The summed E-state index contributed by atoms with van der Waals surface area (Å²) in [5.41, 5.74) is 12.8. The van der Waals surface area contributed by atoms with Crippen molar-refractivity contribution in [2.24, 2.45) is 22.6 Å². The average molecular weight is 550 g/mol. The molecule has 2 aromatic rings. The fourth-order valence-electron chi connectivity index (χ4n) is 5.96. The predicted molar refractivity (Wildman–Crippen MR) is 174 cm³/mol. The molecule has 42 heavy (non-hydrogen) atoms. The molecule has 5 aliphatic rings. The lowest BCUT2D eigenvalue weighted by Crippen LogP contribution is -2.49. The molecule has 2 aromatic carbocycles. The van der Waals surface area contributed by atoms with Crippen molar-refractivity contribution in [2.45, 2.75) is 25.3 Å². The monoisotopic (exact) mass is 549 g/mol. The summed E-state index contributed by atoms with van der Waals surface area (Å²) in [7, 11) is 0. The molecule has 208 valence electrons. The molecule has 0 aromatic heterocycles. The number of fused-ring (bicyclic) bond motifs is 3. The number of amidine groups is 1. The third kappa shape index (κ3) is 5.27. The Morgan fingerprint density at radius 1 is 0.833 bits per heavy atom. The van der Waals surface area contributed by atoms with Crippen molar-refractivity contribution in [3.8, 4) is 0 Å². The van der Waals surface area contributed by atoms with Gasteiger partial charge in [0.2, 0.25) is 0 Å². The first-order chi connectivity index (χ1) is 20.6. The van der Waals surface area contributed by atoms with E-state index in [1.807, 2.05) is 12.2 Å². The summed E-state index contributed by atoms with van der Waals surface area (Å²) in [6.07, 6.45) is 31.8. The highest BCUT2D eigenvalue weighted by atomic mass is 15.3. The summed E-state index contributed by atoms with van der Waals surface area (Å²) >= 11 is 0. The molecule has 2 heterocycles. The van der Waals surface area contributed by atoms with Crippen molar-refractivity contribution < 1.29 is 0 Å². The molecule has 0 amide bonds. The zero-order valence-corrected chi connectivity index (χ0v) is 23.6. The largest absolute Gasteiger partial charge is 0.397 e. The predicted octanol–water partition coefficient (Wildman–Crippen LogP) is 6.31. The number of hydrogen-bond acceptors (Lipinski definition) is 5. The molecular formula is C37H35N5. The summed E-state index contributed by atoms with van der Waals surface area (Å²) < 4.78 is 0. The third-order valence-corrected chi connectivity index (χ3v) is 8.42. The molecule has 5 nitrogen and oxygen atoms in total. The lowest BCUT2D eigenvalue weighted by Gasteiger charge is -2.34. The molecule has 2 aliphatic heterocycles. The van der Waals surface area contributed by atoms with Crippen molar-refractivity contribution in [3.63, 3.8) is 0 Å². The molecule has 5 N–H and O–H groups in total. The van der Waals surface area contributed by atoms with Gasteiger partial charge in [-0.3, -0.25) is 5.32 Å². The number of nitrogens with one attached hydrogen (secondary N) is 3. The van der Waals surface area contributed by atoms with E-state index < -0.39 is 0 Å². The molecule has 0 saturated heterocycles. The van der Waals surface area contributed by atoms with Crippen LogP contribution in [-0.2, 0) is 0 Å². The molecule has 0 spiro atoms. The number of hydrogen-bond donors (Lipinski definition) is 4. The zero-order chi connectivity index (χ0) is 28.5. The van der Waals surface area contributed by atoms with E-state index in [0.29, 0.717) is 17.5 Å². The van der Waals surface area contributed by atoms with Gasteiger partial charge in [-0.2, -0.15) is 0 Å². The molecule has 5 unspecified atom stereocenters. The van der Waals surface area contributed by atoms with E-state index in [2.05, 4.69) is 144 Å². The van der Waals surface area contributed by atoms with E-state index in [4.69, 9.17) is 10.7 Å². The van der Waals surface area contributed by atoms with Crippen molar-refractivity contribution in [1.82, 2.24) is 16.0 Å². The standard InChI is InChI=1S/C37H35N5/c1-24(14-20-32(38)34-21-19-27-10-6-7-13-33(27)39-34)35-40-36(30-17-15-25-8-2-4-11-28(25)22-30)42-37(41-35)31-18-16-26-9-3-5-12-29(26)23-31/h2-23,25,28,33,35,37,39,41H,38H2,1H3,(H,40,42)/b24-14+,32-20-. The second kappa shape index (κ2) is 11.2. The van der Waals surface area contributed by atoms with Crippen LogP contribution in [0, 0.1) is 11.8 Å². The fraction of sp³-hybridized carbons (Fsp3) is 0.162. The number of dihydropyridines is 1. The van der Waals surface area contributed by atoms with E-state index in [9.17, 15) is 0 Å². The lowest BCUT2D eigenvalue weighted by molar-refractivity contribution is 0.431. The van der Waals surface area contributed by atoms with Crippen LogP contribution in [0.2, 0.25) is 0 Å². The van der Waals surface area contributed by atoms with Crippen LogP contribution in [-0.4, -0.2) is 18.0 Å². The Bertz CT molecular complexity index is 1750. The molecule has 0 bridgehead atoms. The maximum atomic E-state index is 6.54. The van der Waals surface area contributed by atoms with Crippen molar-refractivity contribution in [1.29, 1.82) is 0 Å². The lowest BCUT2D eigenvalue weighted by atomic mass is 9.82. The summed E-state index contributed by atoms with van der Waals surface area (Å²) in [6, 6.07) is 15.3. The van der Waals surface area contributed by atoms with Crippen LogP contribution in [0.1, 0.15) is 18.7 Å². The number of aliphatic imine (C=N–C) groups is 1. The molecule has 5 atom stereocenters. The van der Waals surface area contributed by atoms with E-state index in [-0.39, 0.29) is 18.4 Å². The number of benzene rings is 2. The Morgan fingerprint density at radius 3 is 2.57 bits per heavy atom. The smallest absolute Gasteiger partial charge is 0.131 e. The highest BCUT2D eigenvalue weighted by Gasteiger charge is 2.28. The Morgan fingerprint density at radius 2 is 1.67 bits per heavy atom. The van der Waals surface area contributed by atoms with Gasteiger partial charge in [0.1, 0.15) is 18.2 Å². The Kier molecular flexibility index (Phi) is 6.94. The van der Waals surface area contributed by atoms with Gasteiger partial charge in [-0.15, -0.1) is 0 Å². The van der Waals surface area contributed by atoms with E-state index in [1.54, 1.807) is 0 Å². The van der Waals surface area contributed by atoms with Crippen LogP contribution < -0.4 is 21.7 Å². The van der Waals surface area contributed by atoms with Crippen LogP contribution in [0.25, 0.3) is 10.8 Å². The van der Waals surface area contributed by atoms with E-state index in [0.717, 1.165) is 22.7 Å². The normalized spacial score (nSPS) is 28.2. The van der Waals surface area contributed by atoms with Gasteiger partial charge in [0.15, 0.2) is 0 Å². The topological polar surface area (TPSA) is 74.5 Å². The van der Waals surface area contributed by atoms with Gasteiger partial charge in [-0.05, 0) is 52.6 Å². The van der Waals surface area contributed by atoms with Crippen LogP contribution >= 0.6 is 0 Å². The van der Waals surface area contributed by atoms with Crippen molar-refractivity contribution >= 4 is 16.6 Å². The van der Waals surface area contributed by atoms with Crippen LogP contribution in [0.5, 0.6) is 0 Å². The molecule has 0 fully saturated rings. The maximum absolute atomic E-state index is 6.54. The van der Waals surface area contributed by atoms with Gasteiger partial charge < -0.3 is 16.4 Å². The van der Waals surface area contributed by atoms with Crippen LogP contribution in [0.15, 0.2) is 167 Å². The third-order valence-electron chi connectivity index (χ3n) is 8.42. The van der Waals surface area contributed by atoms with Crippen LogP contribution in [0.3, 0.4) is 0 Å². The summed E-state index contributed by atoms with van der Waals surface area (Å²) in [5, 5.41) is 13.4. The summed E-state index contributed by atoms with van der Waals surface area (Å²) in [5.74, 6) is 1.63. The Labute approximate surface area is 247 Å². The number of allylic oxidation sites excluding steroid dienone is 12. The highest BCUT2D eigenvalue weighted by Crippen LogP contribution is 2.30. The first-order valence-electron chi connectivity index (χ1n) is 14.6. The molecule has 7 rings (SSSR count). The fourth-order valence-corrected chi connectivity index (χ4v) is 5.96. The highest BCUT2D eigenvalue weighted by molar-refractivity contribution is 6.02. The molecule has 5 heteroatoms. The second-order valence-corrected chi connectivity index (χ2v) is 11.3. The minimum atomic E-state index is -0.221. The minimum absolute atomic E-state index is 0.108. The van der Waals surface area contributed by atoms with Crippen molar-refractivity contribution in [2.75, 3.05) is 0 Å². The molecule has 0 saturated carbocycles. The Hall–Kier alpha value is -4.87. The molecule has 3 aliphatic carbocycles. The van der Waals surface area contributed by atoms with Crippen molar-refractivity contribution in [3.05, 3.63) is 167 Å². The van der Waals surface area contributed by atoms with Gasteiger partial charge in [0.25, 0.3) is 0 Å². The average Bonchev–Trinajstić information content (AvgIpc) is 3.06. The van der Waals surface area contributed by atoms with E-state index >= 15 is 0 Å². The Balaban J connectivity index is 1.19. The van der Waals surface area contributed by atoms with Gasteiger partial charge in [0, 0.05) is 17.4 Å². The maximum Gasteiger partial charge on any atom is 0.131 e. The van der Waals surface area contributed by atoms with Crippen LogP contribution in [0.4, 0.5) is 0 Å². The van der Waals surface area contributed by atoms with Gasteiger partial charge in [-0.1, -0.05) is 115 Å². The van der Waals surface area contributed by atoms with Gasteiger partial charge in [-0.25, -0.2) is 4.99 Å². The first-order valence-corrected chi connectivity index (χ1v) is 14.6. The SMILES string of the molecule is C/C(=C\C=C(/N)C1=CC=C2C=CC=CC2N1)C1N=C(C2=CC3C=CC=CC3C=C2)NC(c2ccc3ccccc3c2)N1. The first kappa shape index (κ1) is 26.1. The second-order valence-electron chi connectivity index (χ2n) is 11.3. The molecule has 0 radical (unpaired) electrons. The molecular weight excluding hydrogens is 514 g/mol. The summed E-state index contributed by atoms with van der Waals surface area (Å²) in [4.78, 5) is 5.16. The van der Waals surface area contributed by atoms with Gasteiger partial charge in [0.05, 0.1) is 17.4 Å². The minimum Gasteiger partial charge on any atom is -0.397 e. The quantitative estimate of drug-likeness (QED) is 0.330.